The van der Waals surface area contributed by atoms with E-state index < -0.39 is 5.82 Å². The normalized spacial score (nSPS) is 9.94. The number of aryl methyl sites for hydroxylation is 1. The Morgan fingerprint density at radius 1 is 1.35 bits per heavy atom. The third-order valence-corrected chi connectivity index (χ3v) is 2.19. The first-order chi connectivity index (χ1) is 8.11. The summed E-state index contributed by atoms with van der Waals surface area (Å²) in [6.45, 7) is 1.66. The minimum atomic E-state index is -0.438. The number of hydrogen-bond acceptors (Lipinski definition) is 5. The van der Waals surface area contributed by atoms with Crippen LogP contribution in [0.5, 0.6) is 0 Å². The molecular weight excluding hydrogens is 221 g/mol. The minimum Gasteiger partial charge on any atom is -0.382 e. The van der Waals surface area contributed by atoms with Gasteiger partial charge in [-0.05, 0) is 19.1 Å². The Kier molecular flexibility index (Phi) is 2.66. The van der Waals surface area contributed by atoms with E-state index in [4.69, 9.17) is 11.0 Å². The molecule has 17 heavy (non-hydrogen) atoms. The highest BCUT2D eigenvalue weighted by molar-refractivity contribution is 5.58. The van der Waals surface area contributed by atoms with Crippen molar-refractivity contribution >= 4 is 5.82 Å². The average Bonchev–Trinajstić information content (AvgIpc) is 2.29. The second-order valence-corrected chi connectivity index (χ2v) is 3.37. The fourth-order valence-corrected chi connectivity index (χ4v) is 1.36. The van der Waals surface area contributed by atoms with Crippen molar-refractivity contribution in [3.8, 4) is 17.6 Å². The van der Waals surface area contributed by atoms with Crippen LogP contribution < -0.4 is 5.73 Å². The molecule has 0 bridgehead atoms. The van der Waals surface area contributed by atoms with Crippen LogP contribution in [0.15, 0.2) is 18.3 Å². The predicted octanol–water partition coefficient (Wildman–Crippen LogP) is 1.44. The number of nitriles is 1. The molecular formula is C11H8FN5. The standard InChI is InChI=1S/C11H8FN5/c1-6-8(4-13)10(14)17-11(16-6)9-3-2-7(12)5-15-9/h2-3,5H,1H3,(H2,14,16,17). The van der Waals surface area contributed by atoms with Crippen molar-refractivity contribution in [3.05, 3.63) is 35.4 Å². The van der Waals surface area contributed by atoms with E-state index in [1.807, 2.05) is 6.07 Å². The molecule has 84 valence electrons. The molecule has 2 aromatic rings. The summed E-state index contributed by atoms with van der Waals surface area (Å²) < 4.78 is 12.7. The van der Waals surface area contributed by atoms with Crippen LogP contribution in [0.25, 0.3) is 11.5 Å². The zero-order chi connectivity index (χ0) is 12.4. The van der Waals surface area contributed by atoms with Crippen molar-refractivity contribution in [1.29, 1.82) is 5.26 Å². The van der Waals surface area contributed by atoms with E-state index in [1.165, 1.54) is 12.1 Å². The van der Waals surface area contributed by atoms with Crippen LogP contribution in [0.2, 0.25) is 0 Å². The van der Waals surface area contributed by atoms with Gasteiger partial charge in [0.1, 0.15) is 29.0 Å². The molecule has 0 saturated carbocycles. The van der Waals surface area contributed by atoms with Gasteiger partial charge in [0.2, 0.25) is 0 Å². The Hall–Kier alpha value is -2.55. The Morgan fingerprint density at radius 2 is 2.12 bits per heavy atom. The largest absolute Gasteiger partial charge is 0.382 e. The summed E-state index contributed by atoms with van der Waals surface area (Å²) in [5.74, 6) is -0.0628. The zero-order valence-electron chi connectivity index (χ0n) is 8.98. The van der Waals surface area contributed by atoms with Crippen LogP contribution >= 0.6 is 0 Å². The first-order valence-electron chi connectivity index (χ1n) is 4.78. The highest BCUT2D eigenvalue weighted by Gasteiger charge is 2.10. The molecule has 0 aromatic carbocycles. The molecule has 2 heterocycles. The van der Waals surface area contributed by atoms with Gasteiger partial charge in [0, 0.05) is 0 Å². The van der Waals surface area contributed by atoms with Gasteiger partial charge in [-0.3, -0.25) is 0 Å². The lowest BCUT2D eigenvalue weighted by atomic mass is 10.2. The number of halogens is 1. The Bertz CT molecular complexity index is 577. The van der Waals surface area contributed by atoms with Gasteiger partial charge in [-0.15, -0.1) is 0 Å². The molecule has 0 saturated heterocycles. The molecule has 0 amide bonds. The maximum absolute atomic E-state index is 12.7. The van der Waals surface area contributed by atoms with Crippen LogP contribution in [0.1, 0.15) is 11.3 Å². The summed E-state index contributed by atoms with van der Waals surface area (Å²) in [4.78, 5) is 11.9. The summed E-state index contributed by atoms with van der Waals surface area (Å²) in [5, 5.41) is 8.82. The third-order valence-electron chi connectivity index (χ3n) is 2.19. The maximum atomic E-state index is 12.7. The van der Waals surface area contributed by atoms with Crippen LogP contribution in [-0.4, -0.2) is 15.0 Å². The molecule has 0 aliphatic heterocycles. The van der Waals surface area contributed by atoms with Crippen molar-refractivity contribution in [1.82, 2.24) is 15.0 Å². The van der Waals surface area contributed by atoms with E-state index in [2.05, 4.69) is 15.0 Å². The molecule has 0 fully saturated rings. The summed E-state index contributed by atoms with van der Waals surface area (Å²) in [7, 11) is 0. The molecule has 0 spiro atoms. The Labute approximate surface area is 96.8 Å². The van der Waals surface area contributed by atoms with Crippen LogP contribution in [0.4, 0.5) is 10.2 Å². The van der Waals surface area contributed by atoms with Crippen LogP contribution in [0.3, 0.4) is 0 Å². The summed E-state index contributed by atoms with van der Waals surface area (Å²) in [6.07, 6.45) is 1.07. The van der Waals surface area contributed by atoms with Gasteiger partial charge in [0.25, 0.3) is 0 Å². The van der Waals surface area contributed by atoms with Gasteiger partial charge in [-0.1, -0.05) is 0 Å². The smallest absolute Gasteiger partial charge is 0.180 e. The zero-order valence-corrected chi connectivity index (χ0v) is 8.98. The second kappa shape index (κ2) is 4.14. The van der Waals surface area contributed by atoms with E-state index in [-0.39, 0.29) is 17.2 Å². The highest BCUT2D eigenvalue weighted by atomic mass is 19.1. The van der Waals surface area contributed by atoms with Crippen molar-refractivity contribution in [3.63, 3.8) is 0 Å². The molecule has 0 unspecified atom stereocenters. The van der Waals surface area contributed by atoms with Gasteiger partial charge < -0.3 is 5.73 Å². The number of hydrogen-bond donors (Lipinski definition) is 1. The monoisotopic (exact) mass is 229 g/mol. The lowest BCUT2D eigenvalue weighted by molar-refractivity contribution is 0.621. The fraction of sp³-hybridized carbons (Fsp3) is 0.0909. The Morgan fingerprint density at radius 3 is 2.65 bits per heavy atom. The van der Waals surface area contributed by atoms with Crippen LogP contribution in [0, 0.1) is 24.1 Å². The lowest BCUT2D eigenvalue weighted by Gasteiger charge is -2.04. The molecule has 0 radical (unpaired) electrons. The van der Waals surface area contributed by atoms with Crippen molar-refractivity contribution in [2.45, 2.75) is 6.92 Å². The molecule has 2 N–H and O–H groups in total. The number of rotatable bonds is 1. The molecule has 0 aliphatic carbocycles. The molecule has 2 rings (SSSR count). The van der Waals surface area contributed by atoms with Gasteiger partial charge >= 0.3 is 0 Å². The molecule has 6 heteroatoms. The van der Waals surface area contributed by atoms with E-state index in [1.54, 1.807) is 6.92 Å². The first kappa shape index (κ1) is 11.0. The first-order valence-corrected chi connectivity index (χ1v) is 4.78. The number of nitrogens with zero attached hydrogens (tertiary/aromatic N) is 4. The SMILES string of the molecule is Cc1nc(-c2ccc(F)cn2)nc(N)c1C#N. The third kappa shape index (κ3) is 2.03. The number of nitrogens with two attached hydrogens (primary N) is 1. The van der Waals surface area contributed by atoms with Gasteiger partial charge in [-0.25, -0.2) is 19.3 Å². The van der Waals surface area contributed by atoms with Crippen LogP contribution in [-0.2, 0) is 0 Å². The summed E-state index contributed by atoms with van der Waals surface area (Å²) >= 11 is 0. The highest BCUT2D eigenvalue weighted by Crippen LogP contribution is 2.18. The fourth-order valence-electron chi connectivity index (χ4n) is 1.36. The lowest BCUT2D eigenvalue weighted by Crippen LogP contribution is -2.03. The number of aromatic nitrogens is 3. The quantitative estimate of drug-likeness (QED) is 0.799. The summed E-state index contributed by atoms with van der Waals surface area (Å²) in [6, 6.07) is 4.63. The van der Waals surface area contributed by atoms with Gasteiger partial charge in [0.05, 0.1) is 11.9 Å². The van der Waals surface area contributed by atoms with Gasteiger partial charge in [0.15, 0.2) is 5.82 Å². The predicted molar refractivity (Wildman–Crippen MR) is 59.1 cm³/mol. The van der Waals surface area contributed by atoms with E-state index in [0.29, 0.717) is 11.4 Å². The van der Waals surface area contributed by atoms with Crippen molar-refractivity contribution in [2.75, 3.05) is 5.73 Å². The van der Waals surface area contributed by atoms with E-state index in [0.717, 1.165) is 6.20 Å². The second-order valence-electron chi connectivity index (χ2n) is 3.37. The molecule has 2 aromatic heterocycles. The molecule has 5 nitrogen and oxygen atoms in total. The average molecular weight is 229 g/mol. The number of pyridine rings is 1. The van der Waals surface area contributed by atoms with Gasteiger partial charge in [-0.2, -0.15) is 5.26 Å². The number of anilines is 1. The van der Waals surface area contributed by atoms with Crippen molar-refractivity contribution in [2.24, 2.45) is 0 Å². The molecule has 0 aliphatic rings. The van der Waals surface area contributed by atoms with E-state index in [9.17, 15) is 4.39 Å². The van der Waals surface area contributed by atoms with E-state index >= 15 is 0 Å². The Balaban J connectivity index is 2.55. The minimum absolute atomic E-state index is 0.0983. The number of nitrogen functional groups attached to an aromatic ring is 1. The topological polar surface area (TPSA) is 88.5 Å². The van der Waals surface area contributed by atoms with Crippen molar-refractivity contribution < 1.29 is 4.39 Å². The summed E-state index contributed by atoms with van der Waals surface area (Å²) in [5.41, 5.74) is 6.75. The molecule has 0 atom stereocenters. The maximum Gasteiger partial charge on any atom is 0.180 e.